The van der Waals surface area contributed by atoms with Crippen LogP contribution >= 0.6 is 39.5 Å². The lowest BCUT2D eigenvalue weighted by atomic mass is 10.2. The fourth-order valence-corrected chi connectivity index (χ4v) is 3.98. The maximum Gasteiger partial charge on any atom is 0.257 e. The number of aromatic nitrogens is 1. The zero-order valence-electron chi connectivity index (χ0n) is 15.7. The second kappa shape index (κ2) is 9.82. The Bertz CT molecular complexity index is 1020. The van der Waals surface area contributed by atoms with E-state index in [2.05, 4.69) is 31.5 Å². The largest absolute Gasteiger partial charge is 0.496 e. The summed E-state index contributed by atoms with van der Waals surface area (Å²) in [7, 11) is 1.62. The van der Waals surface area contributed by atoms with Crippen molar-refractivity contribution in [2.24, 2.45) is 0 Å². The van der Waals surface area contributed by atoms with Crippen LogP contribution in [0.15, 0.2) is 52.3 Å². The number of amides is 1. The summed E-state index contributed by atoms with van der Waals surface area (Å²) >= 11 is 10.1. The fourth-order valence-electron chi connectivity index (χ4n) is 2.46. The second-order valence-electron chi connectivity index (χ2n) is 5.75. The first kappa shape index (κ1) is 21.2. The third kappa shape index (κ3) is 5.53. The predicted molar refractivity (Wildman–Crippen MR) is 123 cm³/mol. The minimum absolute atomic E-state index is 0.181. The SMILES string of the molecule is CCOc1ccc(C(=O)NC(=S)Nc2nc(-c3ccc(OC)c(Br)c3)cs2)cc1. The van der Waals surface area contributed by atoms with Gasteiger partial charge in [0, 0.05) is 16.5 Å². The van der Waals surface area contributed by atoms with Crippen LogP contribution in [0, 0.1) is 0 Å². The average molecular weight is 492 g/mol. The number of carbonyl (C=O) groups is 1. The molecule has 0 saturated carbocycles. The number of nitrogens with one attached hydrogen (secondary N) is 2. The van der Waals surface area contributed by atoms with E-state index in [1.54, 1.807) is 31.4 Å². The van der Waals surface area contributed by atoms with Gasteiger partial charge in [-0.15, -0.1) is 11.3 Å². The molecule has 0 atom stereocenters. The Kier molecular flexibility index (Phi) is 7.18. The zero-order valence-corrected chi connectivity index (χ0v) is 18.9. The van der Waals surface area contributed by atoms with E-state index < -0.39 is 0 Å². The number of thiazole rings is 1. The molecule has 0 aliphatic rings. The van der Waals surface area contributed by atoms with Crippen LogP contribution in [0.1, 0.15) is 17.3 Å². The Morgan fingerprint density at radius 2 is 2.00 bits per heavy atom. The molecule has 2 N–H and O–H groups in total. The molecule has 1 heterocycles. The van der Waals surface area contributed by atoms with E-state index in [0.717, 1.165) is 21.5 Å². The molecule has 0 aliphatic carbocycles. The second-order valence-corrected chi connectivity index (χ2v) is 7.87. The molecular formula is C20H18BrN3O3S2. The molecule has 150 valence electrons. The van der Waals surface area contributed by atoms with Crippen molar-refractivity contribution in [1.29, 1.82) is 0 Å². The van der Waals surface area contributed by atoms with Crippen LogP contribution in [0.5, 0.6) is 11.5 Å². The van der Waals surface area contributed by atoms with Gasteiger partial charge in [0.15, 0.2) is 10.2 Å². The summed E-state index contributed by atoms with van der Waals surface area (Å²) < 4.78 is 11.5. The van der Waals surface area contributed by atoms with Crippen LogP contribution in [0.4, 0.5) is 5.13 Å². The summed E-state index contributed by atoms with van der Waals surface area (Å²) in [6.07, 6.45) is 0. The molecule has 6 nitrogen and oxygen atoms in total. The molecular weight excluding hydrogens is 474 g/mol. The van der Waals surface area contributed by atoms with E-state index in [1.165, 1.54) is 11.3 Å². The van der Waals surface area contributed by atoms with Crippen LogP contribution in [-0.4, -0.2) is 29.7 Å². The molecule has 0 spiro atoms. The Balaban J connectivity index is 1.61. The van der Waals surface area contributed by atoms with Crippen molar-refractivity contribution in [2.45, 2.75) is 6.92 Å². The number of rotatable bonds is 6. The quantitative estimate of drug-likeness (QED) is 0.467. The molecule has 0 bridgehead atoms. The summed E-state index contributed by atoms with van der Waals surface area (Å²) in [5.74, 6) is 1.16. The van der Waals surface area contributed by atoms with Gasteiger partial charge in [-0.2, -0.15) is 0 Å². The zero-order chi connectivity index (χ0) is 20.8. The van der Waals surface area contributed by atoms with Gasteiger partial charge in [0.1, 0.15) is 11.5 Å². The standard InChI is InChI=1S/C20H18BrN3O3S2/c1-3-27-14-7-4-12(5-8-14)18(25)23-19(28)24-20-22-16(11-29-20)13-6-9-17(26-2)15(21)10-13/h4-11H,3H2,1-2H3,(H2,22,23,24,25,28). The van der Waals surface area contributed by atoms with E-state index >= 15 is 0 Å². The van der Waals surface area contributed by atoms with Crippen LogP contribution < -0.4 is 20.1 Å². The monoisotopic (exact) mass is 491 g/mol. The highest BCUT2D eigenvalue weighted by atomic mass is 79.9. The van der Waals surface area contributed by atoms with Crippen molar-refractivity contribution >= 4 is 55.6 Å². The fraction of sp³-hybridized carbons (Fsp3) is 0.150. The van der Waals surface area contributed by atoms with Gasteiger partial charge < -0.3 is 14.8 Å². The Morgan fingerprint density at radius 3 is 2.66 bits per heavy atom. The van der Waals surface area contributed by atoms with Gasteiger partial charge in [0.05, 0.1) is 23.9 Å². The number of halogens is 1. The molecule has 1 aromatic heterocycles. The first-order valence-corrected chi connectivity index (χ1v) is 10.7. The molecule has 0 saturated heterocycles. The highest BCUT2D eigenvalue weighted by Crippen LogP contribution is 2.32. The van der Waals surface area contributed by atoms with Crippen molar-refractivity contribution in [2.75, 3.05) is 19.0 Å². The third-order valence-corrected chi connectivity index (χ3v) is 5.41. The first-order chi connectivity index (χ1) is 14.0. The van der Waals surface area contributed by atoms with Crippen molar-refractivity contribution in [3.63, 3.8) is 0 Å². The summed E-state index contributed by atoms with van der Waals surface area (Å²) in [5.41, 5.74) is 2.22. The van der Waals surface area contributed by atoms with Crippen molar-refractivity contribution in [3.8, 4) is 22.8 Å². The normalized spacial score (nSPS) is 10.3. The topological polar surface area (TPSA) is 72.5 Å². The minimum Gasteiger partial charge on any atom is -0.496 e. The average Bonchev–Trinajstić information content (AvgIpc) is 3.17. The predicted octanol–water partition coefficient (Wildman–Crippen LogP) is 5.11. The summed E-state index contributed by atoms with van der Waals surface area (Å²) in [4.78, 5) is 16.8. The van der Waals surface area contributed by atoms with Gasteiger partial charge >= 0.3 is 0 Å². The minimum atomic E-state index is -0.304. The van der Waals surface area contributed by atoms with E-state index in [0.29, 0.717) is 23.1 Å². The number of ether oxygens (including phenoxy) is 2. The van der Waals surface area contributed by atoms with Gasteiger partial charge in [0.2, 0.25) is 0 Å². The lowest BCUT2D eigenvalue weighted by Crippen LogP contribution is -2.34. The van der Waals surface area contributed by atoms with E-state index in [-0.39, 0.29) is 11.0 Å². The molecule has 3 rings (SSSR count). The van der Waals surface area contributed by atoms with Gasteiger partial charge in [-0.05, 0) is 77.5 Å². The van der Waals surface area contributed by atoms with Crippen molar-refractivity contribution < 1.29 is 14.3 Å². The van der Waals surface area contributed by atoms with E-state index in [4.69, 9.17) is 21.7 Å². The Morgan fingerprint density at radius 1 is 1.24 bits per heavy atom. The first-order valence-electron chi connectivity index (χ1n) is 8.64. The summed E-state index contributed by atoms with van der Waals surface area (Å²) in [6, 6.07) is 12.6. The van der Waals surface area contributed by atoms with Crippen LogP contribution in [0.3, 0.4) is 0 Å². The number of thiocarbonyl (C=S) groups is 1. The van der Waals surface area contributed by atoms with Gasteiger partial charge in [-0.3, -0.25) is 10.1 Å². The number of nitrogens with zero attached hydrogens (tertiary/aromatic N) is 1. The maximum absolute atomic E-state index is 12.3. The number of carbonyl (C=O) groups excluding carboxylic acids is 1. The molecule has 0 aliphatic heterocycles. The van der Waals surface area contributed by atoms with Crippen molar-refractivity contribution in [3.05, 3.63) is 57.9 Å². The number of anilines is 1. The number of benzene rings is 2. The van der Waals surface area contributed by atoms with Crippen molar-refractivity contribution in [1.82, 2.24) is 10.3 Å². The molecule has 9 heteroatoms. The number of hydrogen-bond acceptors (Lipinski definition) is 6. The lowest BCUT2D eigenvalue weighted by molar-refractivity contribution is 0.0977. The molecule has 1 amide bonds. The maximum atomic E-state index is 12.3. The summed E-state index contributed by atoms with van der Waals surface area (Å²) in [5, 5.41) is 8.28. The van der Waals surface area contributed by atoms with E-state index in [9.17, 15) is 4.79 Å². The van der Waals surface area contributed by atoms with Gasteiger partial charge in [-0.25, -0.2) is 4.98 Å². The number of methoxy groups -OCH3 is 1. The van der Waals surface area contributed by atoms with E-state index in [1.807, 2.05) is 30.5 Å². The molecule has 0 unspecified atom stereocenters. The Labute approximate surface area is 186 Å². The molecule has 0 radical (unpaired) electrons. The van der Waals surface area contributed by atoms with Crippen LogP contribution in [0.2, 0.25) is 0 Å². The number of hydrogen-bond donors (Lipinski definition) is 2. The molecule has 3 aromatic rings. The van der Waals surface area contributed by atoms with Gasteiger partial charge in [0.25, 0.3) is 5.91 Å². The van der Waals surface area contributed by atoms with Gasteiger partial charge in [-0.1, -0.05) is 0 Å². The lowest BCUT2D eigenvalue weighted by Gasteiger charge is -2.08. The van der Waals surface area contributed by atoms with Crippen LogP contribution in [-0.2, 0) is 0 Å². The Hall–Kier alpha value is -2.49. The molecule has 0 fully saturated rings. The smallest absolute Gasteiger partial charge is 0.257 e. The third-order valence-electron chi connectivity index (χ3n) is 3.83. The molecule has 2 aromatic carbocycles. The van der Waals surface area contributed by atoms with Crippen LogP contribution in [0.25, 0.3) is 11.3 Å². The summed E-state index contributed by atoms with van der Waals surface area (Å²) in [6.45, 7) is 2.48. The molecule has 29 heavy (non-hydrogen) atoms. The highest BCUT2D eigenvalue weighted by molar-refractivity contribution is 9.10. The highest BCUT2D eigenvalue weighted by Gasteiger charge is 2.11.